The van der Waals surface area contributed by atoms with E-state index in [2.05, 4.69) is 34.5 Å². The van der Waals surface area contributed by atoms with Crippen molar-refractivity contribution in [3.63, 3.8) is 0 Å². The molecule has 2 aromatic rings. The number of piperidine rings is 1. The SMILES string of the molecule is NC1(C(=O)N2CCC[C@H](c3[nH]ncc3Cc3ccccc3)C2)CC1. The van der Waals surface area contributed by atoms with Gasteiger partial charge in [-0.2, -0.15) is 5.10 Å². The standard InChI is InChI=1S/C19H24N4O/c20-19(8-9-19)18(24)23-10-4-7-15(13-23)17-16(12-21-22-17)11-14-5-2-1-3-6-14/h1-3,5-6,12,15H,4,7-11,13,20H2,(H,21,22)/t15-/m0/s1. The molecule has 0 unspecified atom stereocenters. The van der Waals surface area contributed by atoms with E-state index in [0.717, 1.165) is 45.2 Å². The average Bonchev–Trinajstić information content (AvgIpc) is 3.20. The van der Waals surface area contributed by atoms with Crippen LogP contribution in [-0.2, 0) is 11.2 Å². The molecule has 126 valence electrons. The zero-order valence-corrected chi connectivity index (χ0v) is 13.9. The van der Waals surface area contributed by atoms with Gasteiger partial charge in [0.25, 0.3) is 0 Å². The number of nitrogens with one attached hydrogen (secondary N) is 1. The number of hydrogen-bond acceptors (Lipinski definition) is 3. The molecule has 24 heavy (non-hydrogen) atoms. The molecule has 1 aliphatic carbocycles. The van der Waals surface area contributed by atoms with Gasteiger partial charge in [-0.25, -0.2) is 0 Å². The van der Waals surface area contributed by atoms with Gasteiger partial charge >= 0.3 is 0 Å². The molecular weight excluding hydrogens is 300 g/mol. The van der Waals surface area contributed by atoms with E-state index in [-0.39, 0.29) is 5.91 Å². The monoisotopic (exact) mass is 324 g/mol. The van der Waals surface area contributed by atoms with Gasteiger partial charge in [0.15, 0.2) is 0 Å². The largest absolute Gasteiger partial charge is 0.340 e. The molecule has 1 atom stereocenters. The molecule has 4 rings (SSSR count). The predicted octanol–water partition coefficient (Wildman–Crippen LogP) is 2.20. The van der Waals surface area contributed by atoms with Crippen molar-refractivity contribution in [3.05, 3.63) is 53.3 Å². The molecule has 1 aromatic carbocycles. The lowest BCUT2D eigenvalue weighted by atomic mass is 9.90. The Labute approximate surface area is 142 Å². The summed E-state index contributed by atoms with van der Waals surface area (Å²) in [6.45, 7) is 1.58. The van der Waals surface area contributed by atoms with Crippen LogP contribution in [0.15, 0.2) is 36.5 Å². The number of nitrogens with two attached hydrogens (primary N) is 1. The van der Waals surface area contributed by atoms with E-state index in [9.17, 15) is 4.79 Å². The highest BCUT2D eigenvalue weighted by Gasteiger charge is 2.48. The number of likely N-dealkylation sites (tertiary alicyclic amines) is 1. The van der Waals surface area contributed by atoms with E-state index in [1.54, 1.807) is 0 Å². The second-order valence-corrected chi connectivity index (χ2v) is 7.22. The lowest BCUT2D eigenvalue weighted by Crippen LogP contribution is -2.49. The van der Waals surface area contributed by atoms with Crippen LogP contribution in [0, 0.1) is 0 Å². The van der Waals surface area contributed by atoms with Crippen molar-refractivity contribution in [2.45, 2.75) is 43.6 Å². The number of aromatic amines is 1. The van der Waals surface area contributed by atoms with Crippen LogP contribution in [0.4, 0.5) is 0 Å². The molecule has 2 aliphatic rings. The van der Waals surface area contributed by atoms with Crippen LogP contribution in [0.25, 0.3) is 0 Å². The van der Waals surface area contributed by atoms with Crippen molar-refractivity contribution in [1.29, 1.82) is 0 Å². The third-order valence-corrected chi connectivity index (χ3v) is 5.32. The van der Waals surface area contributed by atoms with Crippen LogP contribution in [-0.4, -0.2) is 39.6 Å². The summed E-state index contributed by atoms with van der Waals surface area (Å²) in [5.41, 5.74) is 9.23. The number of hydrogen-bond donors (Lipinski definition) is 2. The quantitative estimate of drug-likeness (QED) is 0.905. The first-order chi connectivity index (χ1) is 11.7. The van der Waals surface area contributed by atoms with E-state index in [1.165, 1.54) is 16.8 Å². The van der Waals surface area contributed by atoms with Gasteiger partial charge in [0.1, 0.15) is 0 Å². The Morgan fingerprint density at radius 1 is 1.33 bits per heavy atom. The minimum Gasteiger partial charge on any atom is -0.340 e. The predicted molar refractivity (Wildman–Crippen MR) is 92.5 cm³/mol. The maximum Gasteiger partial charge on any atom is 0.242 e. The van der Waals surface area contributed by atoms with E-state index >= 15 is 0 Å². The molecule has 5 nitrogen and oxygen atoms in total. The van der Waals surface area contributed by atoms with Crippen molar-refractivity contribution < 1.29 is 4.79 Å². The number of carbonyl (C=O) groups excluding carboxylic acids is 1. The van der Waals surface area contributed by atoms with Gasteiger partial charge in [0, 0.05) is 31.1 Å². The molecule has 5 heteroatoms. The number of nitrogens with zero attached hydrogens (tertiary/aromatic N) is 2. The van der Waals surface area contributed by atoms with Crippen LogP contribution in [0.2, 0.25) is 0 Å². The van der Waals surface area contributed by atoms with Crippen LogP contribution in [0.1, 0.15) is 48.4 Å². The highest BCUT2D eigenvalue weighted by atomic mass is 16.2. The summed E-state index contributed by atoms with van der Waals surface area (Å²) in [5.74, 6) is 0.461. The molecule has 1 amide bonds. The van der Waals surface area contributed by atoms with Gasteiger partial charge in [-0.05, 0) is 36.8 Å². The molecule has 3 N–H and O–H groups in total. The van der Waals surface area contributed by atoms with E-state index in [0.29, 0.717) is 5.92 Å². The zero-order valence-electron chi connectivity index (χ0n) is 13.9. The first kappa shape index (κ1) is 15.4. The van der Waals surface area contributed by atoms with E-state index < -0.39 is 5.54 Å². The van der Waals surface area contributed by atoms with Gasteiger partial charge in [-0.3, -0.25) is 9.89 Å². The van der Waals surface area contributed by atoms with Crippen molar-refractivity contribution in [1.82, 2.24) is 15.1 Å². The molecule has 1 saturated carbocycles. The van der Waals surface area contributed by atoms with Gasteiger partial charge in [-0.1, -0.05) is 30.3 Å². The molecular formula is C19H24N4O. The smallest absolute Gasteiger partial charge is 0.242 e. The Balaban J connectivity index is 1.49. The third-order valence-electron chi connectivity index (χ3n) is 5.32. The minimum atomic E-state index is -0.567. The second kappa shape index (κ2) is 6.06. The maximum atomic E-state index is 12.5. The number of amides is 1. The van der Waals surface area contributed by atoms with Gasteiger partial charge < -0.3 is 10.6 Å². The molecule has 0 spiro atoms. The van der Waals surface area contributed by atoms with Crippen molar-refractivity contribution in [2.24, 2.45) is 5.73 Å². The summed E-state index contributed by atoms with van der Waals surface area (Å²) in [6.07, 6.45) is 6.57. The number of benzene rings is 1. The first-order valence-corrected chi connectivity index (χ1v) is 8.80. The summed E-state index contributed by atoms with van der Waals surface area (Å²) in [4.78, 5) is 14.5. The number of H-pyrrole nitrogens is 1. The van der Waals surface area contributed by atoms with E-state index in [1.807, 2.05) is 17.2 Å². The number of rotatable bonds is 4. The Kier molecular flexibility index (Phi) is 3.88. The summed E-state index contributed by atoms with van der Waals surface area (Å²) < 4.78 is 0. The van der Waals surface area contributed by atoms with Gasteiger partial charge in [-0.15, -0.1) is 0 Å². The molecule has 1 aliphatic heterocycles. The Morgan fingerprint density at radius 3 is 2.88 bits per heavy atom. The fourth-order valence-electron chi connectivity index (χ4n) is 3.69. The average molecular weight is 324 g/mol. The Bertz CT molecular complexity index is 720. The Morgan fingerprint density at radius 2 is 2.12 bits per heavy atom. The van der Waals surface area contributed by atoms with Crippen LogP contribution < -0.4 is 5.73 Å². The highest BCUT2D eigenvalue weighted by molar-refractivity contribution is 5.89. The van der Waals surface area contributed by atoms with Crippen LogP contribution in [0.3, 0.4) is 0 Å². The van der Waals surface area contributed by atoms with Crippen LogP contribution in [0.5, 0.6) is 0 Å². The first-order valence-electron chi connectivity index (χ1n) is 8.80. The normalized spacial score (nSPS) is 22.4. The lowest BCUT2D eigenvalue weighted by Gasteiger charge is -2.34. The summed E-state index contributed by atoms with van der Waals surface area (Å²) >= 11 is 0. The van der Waals surface area contributed by atoms with Crippen LogP contribution >= 0.6 is 0 Å². The lowest BCUT2D eigenvalue weighted by molar-refractivity contribution is -0.134. The summed E-state index contributed by atoms with van der Waals surface area (Å²) in [7, 11) is 0. The molecule has 2 heterocycles. The fraction of sp³-hybridized carbons (Fsp3) is 0.474. The number of carbonyl (C=O) groups is 1. The molecule has 2 fully saturated rings. The molecule has 1 aromatic heterocycles. The Hall–Kier alpha value is -2.14. The molecule has 1 saturated heterocycles. The van der Waals surface area contributed by atoms with Crippen molar-refractivity contribution in [3.8, 4) is 0 Å². The zero-order chi connectivity index (χ0) is 16.6. The minimum absolute atomic E-state index is 0.135. The maximum absolute atomic E-state index is 12.5. The van der Waals surface area contributed by atoms with Crippen molar-refractivity contribution >= 4 is 5.91 Å². The second-order valence-electron chi connectivity index (χ2n) is 7.22. The van der Waals surface area contributed by atoms with E-state index in [4.69, 9.17) is 5.73 Å². The van der Waals surface area contributed by atoms with Crippen molar-refractivity contribution in [2.75, 3.05) is 13.1 Å². The molecule has 0 radical (unpaired) electrons. The molecule has 0 bridgehead atoms. The summed E-state index contributed by atoms with van der Waals surface area (Å²) in [5, 5.41) is 7.46. The third kappa shape index (κ3) is 2.96. The fourth-order valence-corrected chi connectivity index (χ4v) is 3.69. The van der Waals surface area contributed by atoms with Gasteiger partial charge in [0.05, 0.1) is 11.7 Å². The highest BCUT2D eigenvalue weighted by Crippen LogP contribution is 2.36. The topological polar surface area (TPSA) is 75.0 Å². The number of aromatic nitrogens is 2. The summed E-state index contributed by atoms with van der Waals surface area (Å²) in [6, 6.07) is 10.4. The van der Waals surface area contributed by atoms with Gasteiger partial charge in [0.2, 0.25) is 5.91 Å².